The lowest BCUT2D eigenvalue weighted by atomic mass is 10.1. The van der Waals surface area contributed by atoms with E-state index in [4.69, 9.17) is 0 Å². The molecule has 0 saturated carbocycles. The van der Waals surface area contributed by atoms with E-state index >= 15 is 0 Å². The number of urea groups is 1. The molecule has 1 N–H and O–H groups in total. The first-order chi connectivity index (χ1) is 15.6. The highest BCUT2D eigenvalue weighted by atomic mass is 32.2. The monoisotopic (exact) mass is 508 g/mol. The molecular weight excluding hydrogens is 483 g/mol. The van der Waals surface area contributed by atoms with Gasteiger partial charge in [-0.25, -0.2) is 22.6 Å². The third kappa shape index (κ3) is 5.16. The van der Waals surface area contributed by atoms with Gasteiger partial charge in [-0.15, -0.1) is 24.0 Å². The number of hydrogen-bond acceptors (Lipinski definition) is 6. The zero-order valence-electron chi connectivity index (χ0n) is 18.2. The van der Waals surface area contributed by atoms with E-state index in [2.05, 4.69) is 22.9 Å². The van der Waals surface area contributed by atoms with Gasteiger partial charge < -0.3 is 5.32 Å². The topological polar surface area (TPSA) is 82.6 Å². The fourth-order valence-electron chi connectivity index (χ4n) is 3.96. The Balaban J connectivity index is 1.42. The second kappa shape index (κ2) is 9.57. The van der Waals surface area contributed by atoms with Gasteiger partial charge in [0, 0.05) is 30.9 Å². The third-order valence-electron chi connectivity index (χ3n) is 5.59. The lowest BCUT2D eigenvalue weighted by molar-refractivity contribution is 0.231. The van der Waals surface area contributed by atoms with Gasteiger partial charge in [-0.2, -0.15) is 4.31 Å². The van der Waals surface area contributed by atoms with Crippen molar-refractivity contribution in [1.29, 1.82) is 0 Å². The van der Waals surface area contributed by atoms with Crippen molar-refractivity contribution < 1.29 is 17.6 Å². The maximum atomic E-state index is 13.5. The van der Waals surface area contributed by atoms with Crippen LogP contribution in [-0.2, 0) is 10.0 Å². The maximum absolute atomic E-state index is 13.5. The lowest BCUT2D eigenvalue weighted by Gasteiger charge is -2.34. The van der Waals surface area contributed by atoms with Gasteiger partial charge >= 0.3 is 6.03 Å². The average molecular weight is 509 g/mol. The molecule has 0 radical (unpaired) electrons. The second-order valence-electron chi connectivity index (χ2n) is 8.20. The quantitative estimate of drug-likeness (QED) is 0.497. The molecule has 0 unspecified atom stereocenters. The predicted octanol–water partition coefficient (Wildman–Crippen LogP) is 4.50. The number of rotatable bonds is 5. The fraction of sp³-hybridized carbons (Fsp3) is 0.364. The number of hydrogen-bond donors (Lipinski definition) is 2. The first kappa shape index (κ1) is 23.9. The van der Waals surface area contributed by atoms with Crippen molar-refractivity contribution in [1.82, 2.24) is 14.6 Å². The molecular formula is C22H25FN4O3S3. The molecule has 1 aromatic heterocycles. The highest BCUT2D eigenvalue weighted by molar-refractivity contribution is 7.89. The maximum Gasteiger partial charge on any atom is 0.322 e. The first-order valence-electron chi connectivity index (χ1n) is 10.6. The largest absolute Gasteiger partial charge is 0.335 e. The Hall–Kier alpha value is -2.21. The minimum Gasteiger partial charge on any atom is -0.335 e. The Morgan fingerprint density at radius 3 is 2.64 bits per heavy atom. The van der Waals surface area contributed by atoms with Crippen LogP contribution in [0.3, 0.4) is 0 Å². The molecule has 1 aliphatic rings. The van der Waals surface area contributed by atoms with Gasteiger partial charge in [-0.3, -0.25) is 4.90 Å². The van der Waals surface area contributed by atoms with Crippen LogP contribution in [0.2, 0.25) is 0 Å². The Bertz CT molecular complexity index is 1270. The number of fused-ring (bicyclic) bond motifs is 1. The summed E-state index contributed by atoms with van der Waals surface area (Å²) >= 11 is 5.76. The highest BCUT2D eigenvalue weighted by Crippen LogP contribution is 2.30. The number of anilines is 1. The summed E-state index contributed by atoms with van der Waals surface area (Å²) in [4.78, 5) is 19.1. The number of aromatic nitrogens is 1. The summed E-state index contributed by atoms with van der Waals surface area (Å²) in [6.07, 6.45) is 0.951. The molecule has 4 rings (SSSR count). The Morgan fingerprint density at radius 2 is 1.97 bits per heavy atom. The summed E-state index contributed by atoms with van der Waals surface area (Å²) in [5.41, 5.74) is 1.60. The molecule has 1 saturated heterocycles. The summed E-state index contributed by atoms with van der Waals surface area (Å²) in [7, 11) is -3.77. The minimum atomic E-state index is -3.77. The van der Waals surface area contributed by atoms with E-state index < -0.39 is 15.8 Å². The van der Waals surface area contributed by atoms with Crippen molar-refractivity contribution in [2.75, 3.05) is 18.0 Å². The molecule has 0 bridgehead atoms. The molecule has 2 amide bonds. The number of carbonyl (C=O) groups is 1. The van der Waals surface area contributed by atoms with E-state index in [9.17, 15) is 17.6 Å². The predicted molar refractivity (Wildman–Crippen MR) is 131 cm³/mol. The van der Waals surface area contributed by atoms with Crippen LogP contribution < -0.4 is 10.2 Å². The number of nitrogens with zero attached hydrogens (tertiary/aromatic N) is 3. The molecule has 7 nitrogen and oxygen atoms in total. The summed E-state index contributed by atoms with van der Waals surface area (Å²) in [6, 6.07) is 10.2. The molecule has 3 aromatic rings. The zero-order chi connectivity index (χ0) is 23.8. The third-order valence-corrected chi connectivity index (χ3v) is 8.68. The van der Waals surface area contributed by atoms with Crippen molar-refractivity contribution in [2.45, 2.75) is 48.0 Å². The molecule has 176 valence electrons. The summed E-state index contributed by atoms with van der Waals surface area (Å²) < 4.78 is 42.1. The van der Waals surface area contributed by atoms with E-state index in [0.29, 0.717) is 17.2 Å². The van der Waals surface area contributed by atoms with Gasteiger partial charge in [0.2, 0.25) is 10.0 Å². The van der Waals surface area contributed by atoms with Crippen LogP contribution in [0.25, 0.3) is 10.2 Å². The van der Waals surface area contributed by atoms with Crippen LogP contribution in [0.5, 0.6) is 0 Å². The summed E-state index contributed by atoms with van der Waals surface area (Å²) in [5, 5.41) is 3.05. The molecule has 0 spiro atoms. The van der Waals surface area contributed by atoms with Crippen molar-refractivity contribution in [3.05, 3.63) is 48.3 Å². The Kier molecular flexibility index (Phi) is 6.94. The number of nitrogens with one attached hydrogen (secondary N) is 1. The number of piperidine rings is 1. The van der Waals surface area contributed by atoms with E-state index in [1.165, 1.54) is 33.8 Å². The first-order valence-corrected chi connectivity index (χ1v) is 13.3. The van der Waals surface area contributed by atoms with Gasteiger partial charge in [-0.1, -0.05) is 6.07 Å². The van der Waals surface area contributed by atoms with Crippen LogP contribution in [-0.4, -0.2) is 48.9 Å². The summed E-state index contributed by atoms with van der Waals surface area (Å²) in [5.74, 6) is -0.589. The second-order valence-corrected chi connectivity index (χ2v) is 11.9. The number of thiazole rings is 1. The minimum absolute atomic E-state index is 0.0567. The van der Waals surface area contributed by atoms with Crippen molar-refractivity contribution >= 4 is 55.9 Å². The number of amides is 2. The van der Waals surface area contributed by atoms with Crippen molar-refractivity contribution in [2.24, 2.45) is 0 Å². The average Bonchev–Trinajstić information content (AvgIpc) is 3.13. The van der Waals surface area contributed by atoms with Crippen molar-refractivity contribution in [3.63, 3.8) is 0 Å². The highest BCUT2D eigenvalue weighted by Gasteiger charge is 2.31. The van der Waals surface area contributed by atoms with Gasteiger partial charge in [0.25, 0.3) is 0 Å². The molecule has 1 fully saturated rings. The zero-order valence-corrected chi connectivity index (χ0v) is 20.8. The Morgan fingerprint density at radius 1 is 1.24 bits per heavy atom. The van der Waals surface area contributed by atoms with E-state index in [-0.39, 0.29) is 36.1 Å². The fourth-order valence-corrected chi connectivity index (χ4v) is 6.61. The van der Waals surface area contributed by atoms with Crippen LogP contribution in [0.1, 0.15) is 26.7 Å². The molecule has 33 heavy (non-hydrogen) atoms. The van der Waals surface area contributed by atoms with Crippen LogP contribution in [0, 0.1) is 5.82 Å². The van der Waals surface area contributed by atoms with E-state index in [1.54, 1.807) is 4.90 Å². The number of thiol groups is 1. The van der Waals surface area contributed by atoms with Gasteiger partial charge in [-0.05, 0) is 63.1 Å². The SMILES string of the molecule is CC(C)N(C(=O)NC1CCN(S(=O)(=O)c2cccc(F)c2)CC1)c1ccc2nc(S)sc2c1. The van der Waals surface area contributed by atoms with Crippen LogP contribution >= 0.6 is 24.0 Å². The van der Waals surface area contributed by atoms with E-state index in [0.717, 1.165) is 22.0 Å². The molecule has 0 atom stereocenters. The molecule has 1 aliphatic heterocycles. The molecule has 11 heteroatoms. The smallest absolute Gasteiger partial charge is 0.322 e. The molecule has 2 aromatic carbocycles. The van der Waals surface area contributed by atoms with Crippen LogP contribution in [0.15, 0.2) is 51.7 Å². The number of sulfonamides is 1. The van der Waals surface area contributed by atoms with E-state index in [1.807, 2.05) is 32.0 Å². The van der Waals surface area contributed by atoms with Gasteiger partial charge in [0.15, 0.2) is 0 Å². The van der Waals surface area contributed by atoms with Crippen LogP contribution in [0.4, 0.5) is 14.9 Å². The summed E-state index contributed by atoms with van der Waals surface area (Å²) in [6.45, 7) is 4.38. The number of halogens is 1. The lowest BCUT2D eigenvalue weighted by Crippen LogP contribution is -2.51. The molecule has 0 aliphatic carbocycles. The number of benzene rings is 2. The van der Waals surface area contributed by atoms with Gasteiger partial charge in [0.05, 0.1) is 15.1 Å². The standard InChI is InChI=1S/C22H25FN4O3S3/c1-14(2)27(17-6-7-19-20(13-17)32-22(31)25-19)21(28)24-16-8-10-26(11-9-16)33(29,30)18-5-3-4-15(23)12-18/h3-7,12-14,16H,8-11H2,1-2H3,(H,24,28)(H,25,31). The normalized spacial score (nSPS) is 15.8. The number of carbonyl (C=O) groups excluding carboxylic acids is 1. The Labute approximate surface area is 202 Å². The van der Waals surface area contributed by atoms with Crippen molar-refractivity contribution in [3.8, 4) is 0 Å². The molecule has 2 heterocycles. The van der Waals surface area contributed by atoms with Gasteiger partial charge in [0.1, 0.15) is 10.2 Å².